The van der Waals surface area contributed by atoms with Crippen LogP contribution in [0.1, 0.15) is 20.7 Å². The van der Waals surface area contributed by atoms with E-state index >= 15 is 0 Å². The largest absolute Gasteiger partial charge is 0.507 e. The Labute approximate surface area is 123 Å². The summed E-state index contributed by atoms with van der Waals surface area (Å²) < 4.78 is 0.648. The van der Waals surface area contributed by atoms with Gasteiger partial charge in [-0.2, -0.15) is 0 Å². The molecule has 5 nitrogen and oxygen atoms in total. The lowest BCUT2D eigenvalue weighted by atomic mass is 10.2. The van der Waals surface area contributed by atoms with Gasteiger partial charge in [0.25, 0.3) is 11.8 Å². The van der Waals surface area contributed by atoms with Crippen LogP contribution in [0.3, 0.4) is 0 Å². The van der Waals surface area contributed by atoms with Crippen LogP contribution in [0.25, 0.3) is 0 Å². The average molecular weight is 335 g/mol. The van der Waals surface area contributed by atoms with Gasteiger partial charge in [0.15, 0.2) is 0 Å². The van der Waals surface area contributed by atoms with Crippen LogP contribution in [0.5, 0.6) is 5.75 Å². The van der Waals surface area contributed by atoms with E-state index < -0.39 is 11.8 Å². The van der Waals surface area contributed by atoms with Crippen molar-refractivity contribution >= 4 is 27.7 Å². The van der Waals surface area contributed by atoms with Crippen molar-refractivity contribution in [1.82, 2.24) is 10.9 Å². The number of amides is 2. The van der Waals surface area contributed by atoms with Crippen LogP contribution >= 0.6 is 15.9 Å². The van der Waals surface area contributed by atoms with Crippen molar-refractivity contribution in [2.75, 3.05) is 0 Å². The molecule has 0 fully saturated rings. The summed E-state index contributed by atoms with van der Waals surface area (Å²) in [6.07, 6.45) is 0. The third-order valence-corrected chi connectivity index (χ3v) is 3.02. The average Bonchev–Trinajstić information content (AvgIpc) is 2.47. The smallest absolute Gasteiger partial charge is 0.273 e. The fourth-order valence-corrected chi connectivity index (χ4v) is 1.89. The first-order chi connectivity index (χ1) is 9.58. The summed E-state index contributed by atoms with van der Waals surface area (Å²) in [5, 5.41) is 9.59. The Morgan fingerprint density at radius 3 is 2.30 bits per heavy atom. The number of benzene rings is 2. The SMILES string of the molecule is O=C(NNC(=O)c1cc(Br)ccc1O)c1ccccc1. The molecule has 102 valence electrons. The fraction of sp³-hybridized carbons (Fsp3) is 0. The predicted octanol–water partition coefficient (Wildman–Crippen LogP) is 2.23. The first kappa shape index (κ1) is 14.1. The molecule has 0 heterocycles. The lowest BCUT2D eigenvalue weighted by molar-refractivity contribution is 0.0845. The molecule has 20 heavy (non-hydrogen) atoms. The van der Waals surface area contributed by atoms with Gasteiger partial charge in [-0.05, 0) is 30.3 Å². The maximum Gasteiger partial charge on any atom is 0.273 e. The highest BCUT2D eigenvalue weighted by Crippen LogP contribution is 2.21. The molecule has 0 aliphatic rings. The number of carbonyl (C=O) groups is 2. The summed E-state index contributed by atoms with van der Waals surface area (Å²) in [4.78, 5) is 23.6. The van der Waals surface area contributed by atoms with Gasteiger partial charge in [-0.1, -0.05) is 34.1 Å². The van der Waals surface area contributed by atoms with Crippen LogP contribution < -0.4 is 10.9 Å². The summed E-state index contributed by atoms with van der Waals surface area (Å²) in [6, 6.07) is 12.9. The summed E-state index contributed by atoms with van der Waals surface area (Å²) >= 11 is 3.20. The van der Waals surface area contributed by atoms with Gasteiger partial charge in [0, 0.05) is 10.0 Å². The van der Waals surface area contributed by atoms with Gasteiger partial charge in [-0.3, -0.25) is 20.4 Å². The molecular weight excluding hydrogens is 324 g/mol. The molecule has 0 radical (unpaired) electrons. The quantitative estimate of drug-likeness (QED) is 0.737. The van der Waals surface area contributed by atoms with E-state index in [1.54, 1.807) is 36.4 Å². The zero-order chi connectivity index (χ0) is 14.5. The number of phenols is 1. The molecular formula is C14H11BrN2O3. The van der Waals surface area contributed by atoms with E-state index in [9.17, 15) is 14.7 Å². The monoisotopic (exact) mass is 334 g/mol. The molecule has 0 aliphatic carbocycles. The minimum Gasteiger partial charge on any atom is -0.507 e. The number of rotatable bonds is 2. The van der Waals surface area contributed by atoms with Crippen LogP contribution in [-0.2, 0) is 0 Å². The molecule has 0 bridgehead atoms. The number of hydrazine groups is 1. The third kappa shape index (κ3) is 3.36. The first-order valence-corrected chi connectivity index (χ1v) is 6.51. The number of phenolic OH excluding ortho intramolecular Hbond substituents is 1. The van der Waals surface area contributed by atoms with Crippen LogP contribution in [0, 0.1) is 0 Å². The Morgan fingerprint density at radius 2 is 1.60 bits per heavy atom. The second-order valence-corrected chi connectivity index (χ2v) is 4.85. The molecule has 0 aliphatic heterocycles. The molecule has 2 amide bonds. The topological polar surface area (TPSA) is 78.4 Å². The van der Waals surface area contributed by atoms with Crippen molar-refractivity contribution in [2.24, 2.45) is 0 Å². The second-order valence-electron chi connectivity index (χ2n) is 3.94. The molecule has 0 unspecified atom stereocenters. The predicted molar refractivity (Wildman–Crippen MR) is 77.2 cm³/mol. The summed E-state index contributed by atoms with van der Waals surface area (Å²) in [5.74, 6) is -1.21. The van der Waals surface area contributed by atoms with E-state index in [1.807, 2.05) is 0 Å². The Kier molecular flexibility index (Phi) is 4.37. The Hall–Kier alpha value is -2.34. The minimum absolute atomic E-state index is 0.0627. The lowest BCUT2D eigenvalue weighted by Gasteiger charge is -2.08. The van der Waals surface area contributed by atoms with Crippen molar-refractivity contribution in [1.29, 1.82) is 0 Å². The number of hydrogen-bond acceptors (Lipinski definition) is 3. The standard InChI is InChI=1S/C14H11BrN2O3/c15-10-6-7-12(18)11(8-10)14(20)17-16-13(19)9-4-2-1-3-5-9/h1-8,18H,(H,16,19)(H,17,20). The second kappa shape index (κ2) is 6.21. The zero-order valence-corrected chi connectivity index (χ0v) is 11.8. The van der Waals surface area contributed by atoms with Gasteiger partial charge < -0.3 is 5.11 Å². The molecule has 0 saturated carbocycles. The number of nitrogens with one attached hydrogen (secondary N) is 2. The highest BCUT2D eigenvalue weighted by atomic mass is 79.9. The van der Waals surface area contributed by atoms with E-state index in [-0.39, 0.29) is 11.3 Å². The molecule has 2 aromatic carbocycles. The zero-order valence-electron chi connectivity index (χ0n) is 10.3. The summed E-state index contributed by atoms with van der Waals surface area (Å²) in [7, 11) is 0. The number of aromatic hydroxyl groups is 1. The highest BCUT2D eigenvalue weighted by molar-refractivity contribution is 9.10. The lowest BCUT2D eigenvalue weighted by Crippen LogP contribution is -2.41. The molecule has 0 aromatic heterocycles. The highest BCUT2D eigenvalue weighted by Gasteiger charge is 2.12. The Morgan fingerprint density at radius 1 is 0.950 bits per heavy atom. The van der Waals surface area contributed by atoms with Crippen molar-refractivity contribution < 1.29 is 14.7 Å². The van der Waals surface area contributed by atoms with Crippen LogP contribution in [0.15, 0.2) is 53.0 Å². The maximum absolute atomic E-state index is 11.8. The third-order valence-electron chi connectivity index (χ3n) is 2.53. The van der Waals surface area contributed by atoms with Crippen LogP contribution in [0.4, 0.5) is 0 Å². The normalized spacial score (nSPS) is 9.85. The van der Waals surface area contributed by atoms with Crippen molar-refractivity contribution in [3.05, 3.63) is 64.1 Å². The summed E-state index contributed by atoms with van der Waals surface area (Å²) in [6.45, 7) is 0. The molecule has 2 aromatic rings. The number of hydrogen-bond donors (Lipinski definition) is 3. The van der Waals surface area contributed by atoms with E-state index in [0.717, 1.165) is 0 Å². The number of carbonyl (C=O) groups excluding carboxylic acids is 2. The maximum atomic E-state index is 11.8. The molecule has 3 N–H and O–H groups in total. The Balaban J connectivity index is 2.02. The molecule has 2 rings (SSSR count). The van der Waals surface area contributed by atoms with Crippen molar-refractivity contribution in [2.45, 2.75) is 0 Å². The van der Waals surface area contributed by atoms with E-state index in [1.165, 1.54) is 12.1 Å². The van der Waals surface area contributed by atoms with Crippen LogP contribution in [-0.4, -0.2) is 16.9 Å². The van der Waals surface area contributed by atoms with Gasteiger partial charge in [0.2, 0.25) is 0 Å². The minimum atomic E-state index is -0.604. The molecule has 6 heteroatoms. The van der Waals surface area contributed by atoms with Gasteiger partial charge in [0.05, 0.1) is 5.56 Å². The van der Waals surface area contributed by atoms with Crippen molar-refractivity contribution in [3.8, 4) is 5.75 Å². The van der Waals surface area contributed by atoms with E-state index in [2.05, 4.69) is 26.8 Å². The summed E-state index contributed by atoms with van der Waals surface area (Å²) in [5.41, 5.74) is 5.01. The van der Waals surface area contributed by atoms with E-state index in [4.69, 9.17) is 0 Å². The van der Waals surface area contributed by atoms with Crippen molar-refractivity contribution in [3.63, 3.8) is 0 Å². The van der Waals surface area contributed by atoms with Gasteiger partial charge in [0.1, 0.15) is 5.75 Å². The fourth-order valence-electron chi connectivity index (χ4n) is 1.53. The molecule has 0 spiro atoms. The first-order valence-electron chi connectivity index (χ1n) is 5.72. The van der Waals surface area contributed by atoms with Gasteiger partial charge in [-0.15, -0.1) is 0 Å². The number of halogens is 1. The molecule has 0 saturated heterocycles. The molecule has 0 atom stereocenters. The Bertz CT molecular complexity index is 644. The van der Waals surface area contributed by atoms with Gasteiger partial charge >= 0.3 is 0 Å². The van der Waals surface area contributed by atoms with Gasteiger partial charge in [-0.25, -0.2) is 0 Å². The van der Waals surface area contributed by atoms with Crippen LogP contribution in [0.2, 0.25) is 0 Å². The van der Waals surface area contributed by atoms with E-state index in [0.29, 0.717) is 10.0 Å².